The van der Waals surface area contributed by atoms with Gasteiger partial charge in [0.15, 0.2) is 9.84 Å². The topological polar surface area (TPSA) is 46.6 Å². The van der Waals surface area contributed by atoms with Crippen LogP contribution in [-0.2, 0) is 20.7 Å². The lowest BCUT2D eigenvalue weighted by Crippen LogP contribution is -2.33. The average molecular weight is 480 g/mol. The summed E-state index contributed by atoms with van der Waals surface area (Å²) in [6.07, 6.45) is 6.31. The molecule has 0 amide bonds. The van der Waals surface area contributed by atoms with Gasteiger partial charge in [0.05, 0.1) is 12.3 Å². The summed E-state index contributed by atoms with van der Waals surface area (Å²) in [4.78, 5) is 1.97. The molecule has 1 aliphatic heterocycles. The minimum Gasteiger partial charge on any atom is -0.492 e. The molecule has 34 heavy (non-hydrogen) atoms. The van der Waals surface area contributed by atoms with Crippen LogP contribution in [0.2, 0.25) is 0 Å². The van der Waals surface area contributed by atoms with Crippen molar-refractivity contribution < 1.29 is 13.2 Å². The van der Waals surface area contributed by atoms with Crippen molar-refractivity contribution in [1.82, 2.24) is 4.90 Å². The molecule has 0 saturated heterocycles. The molecule has 0 aromatic heterocycles. The van der Waals surface area contributed by atoms with Crippen LogP contribution in [0.15, 0.2) is 54.1 Å². The van der Waals surface area contributed by atoms with E-state index in [2.05, 4.69) is 71.0 Å². The molecule has 0 saturated carbocycles. The van der Waals surface area contributed by atoms with E-state index < -0.39 is 9.84 Å². The van der Waals surface area contributed by atoms with Gasteiger partial charge in [0, 0.05) is 18.2 Å². The van der Waals surface area contributed by atoms with Gasteiger partial charge < -0.3 is 9.64 Å². The summed E-state index contributed by atoms with van der Waals surface area (Å²) in [5.41, 5.74) is 7.09. The first-order valence-electron chi connectivity index (χ1n) is 12.2. The van der Waals surface area contributed by atoms with Gasteiger partial charge in [-0.1, -0.05) is 64.1 Å². The number of hydrogen-bond donors (Lipinski definition) is 0. The van der Waals surface area contributed by atoms with E-state index in [9.17, 15) is 8.42 Å². The summed E-state index contributed by atoms with van der Waals surface area (Å²) < 4.78 is 28.8. The number of nitrogens with zero attached hydrogens (tertiary/aromatic N) is 1. The maximum absolute atomic E-state index is 11.5. The van der Waals surface area contributed by atoms with Gasteiger partial charge in [-0.25, -0.2) is 8.42 Å². The van der Waals surface area contributed by atoms with Crippen LogP contribution in [0.4, 0.5) is 0 Å². The largest absolute Gasteiger partial charge is 0.492 e. The number of ether oxygens (including phenoxy) is 1. The molecule has 1 aliphatic carbocycles. The Bertz CT molecular complexity index is 1200. The first-order valence-corrected chi connectivity index (χ1v) is 13.9. The van der Waals surface area contributed by atoms with Crippen LogP contribution < -0.4 is 4.74 Å². The van der Waals surface area contributed by atoms with Crippen molar-refractivity contribution in [3.8, 4) is 5.75 Å². The zero-order valence-corrected chi connectivity index (χ0v) is 21.9. The van der Waals surface area contributed by atoms with Crippen molar-refractivity contribution >= 4 is 21.5 Å². The van der Waals surface area contributed by atoms with Crippen LogP contribution >= 0.6 is 0 Å². The smallest absolute Gasteiger partial charge is 0.174 e. The Morgan fingerprint density at radius 1 is 1.00 bits per heavy atom. The van der Waals surface area contributed by atoms with Crippen LogP contribution in [0.3, 0.4) is 0 Å². The summed E-state index contributed by atoms with van der Waals surface area (Å²) in [5.74, 6) is 0.991. The van der Waals surface area contributed by atoms with Crippen molar-refractivity contribution in [1.29, 1.82) is 0 Å². The maximum atomic E-state index is 11.5. The maximum Gasteiger partial charge on any atom is 0.174 e. The number of allylic oxidation sites excluding steroid dienone is 1. The Kier molecular flexibility index (Phi) is 6.69. The Labute approximate surface area is 205 Å². The molecule has 2 aromatic carbocycles. The van der Waals surface area contributed by atoms with Crippen molar-refractivity contribution in [3.05, 3.63) is 76.3 Å². The van der Waals surface area contributed by atoms with Gasteiger partial charge in [0.25, 0.3) is 0 Å². The van der Waals surface area contributed by atoms with Crippen LogP contribution in [-0.4, -0.2) is 38.8 Å². The summed E-state index contributed by atoms with van der Waals surface area (Å²) in [6, 6.07) is 15.2. The molecule has 2 aromatic rings. The minimum absolute atomic E-state index is 0.170. The van der Waals surface area contributed by atoms with E-state index in [4.69, 9.17) is 4.74 Å². The highest BCUT2D eigenvalue weighted by Crippen LogP contribution is 2.46. The predicted octanol–water partition coefficient (Wildman–Crippen LogP) is 6.18. The molecule has 0 bridgehead atoms. The van der Waals surface area contributed by atoms with E-state index >= 15 is 0 Å². The predicted molar refractivity (Wildman–Crippen MR) is 142 cm³/mol. The number of fused-ring (bicyclic) bond motifs is 1. The van der Waals surface area contributed by atoms with E-state index in [0.29, 0.717) is 19.7 Å². The molecule has 4 nitrogen and oxygen atoms in total. The van der Waals surface area contributed by atoms with Gasteiger partial charge in [-0.3, -0.25) is 0 Å². The second-order valence-electron chi connectivity index (χ2n) is 11.0. The molecular weight excluding hydrogens is 442 g/mol. The van der Waals surface area contributed by atoms with E-state index in [1.807, 2.05) is 17.0 Å². The van der Waals surface area contributed by atoms with Crippen molar-refractivity contribution in [2.45, 2.75) is 58.3 Å². The van der Waals surface area contributed by atoms with Crippen molar-refractivity contribution in [3.63, 3.8) is 0 Å². The first-order chi connectivity index (χ1) is 16.0. The van der Waals surface area contributed by atoms with Crippen LogP contribution in [0.25, 0.3) is 11.6 Å². The fourth-order valence-electron chi connectivity index (χ4n) is 4.86. The zero-order chi connectivity index (χ0) is 24.6. The van der Waals surface area contributed by atoms with Gasteiger partial charge in [-0.15, -0.1) is 0 Å². The monoisotopic (exact) mass is 479 g/mol. The third kappa shape index (κ3) is 5.57. The van der Waals surface area contributed by atoms with Crippen LogP contribution in [0, 0.1) is 0 Å². The molecule has 0 fully saturated rings. The Morgan fingerprint density at radius 3 is 2.32 bits per heavy atom. The summed E-state index contributed by atoms with van der Waals surface area (Å²) >= 11 is 0. The number of hydrogen-bond acceptors (Lipinski definition) is 4. The Hall–Kier alpha value is -2.53. The average Bonchev–Trinajstić information content (AvgIpc) is 2.79. The van der Waals surface area contributed by atoms with E-state index in [1.165, 1.54) is 40.5 Å². The fraction of sp³-hybridized carbons (Fsp3) is 0.448. The van der Waals surface area contributed by atoms with E-state index in [-0.39, 0.29) is 16.6 Å². The molecular formula is C29H37NO3S. The molecule has 0 atom stereocenters. The molecule has 5 heteroatoms. The Morgan fingerprint density at radius 2 is 1.68 bits per heavy atom. The first kappa shape index (κ1) is 24.6. The van der Waals surface area contributed by atoms with Crippen LogP contribution in [0.1, 0.15) is 69.7 Å². The molecule has 0 spiro atoms. The highest BCUT2D eigenvalue weighted by Gasteiger charge is 2.36. The second-order valence-corrected chi connectivity index (χ2v) is 13.0. The van der Waals surface area contributed by atoms with Crippen molar-refractivity contribution in [2.24, 2.45) is 0 Å². The standard InChI is InChI=1S/C29H37NO3S/c1-22(24-8-11-26-27(21-24)29(4,5)13-12-28(26,2)3)20-23-6-9-25(10-7-23)33-17-14-30-15-18-34(31,32)19-16-30/h6-11,15,18,20-21H,12-14,16-17,19H2,1-5H3/b22-20+. The lowest BCUT2D eigenvalue weighted by atomic mass is 9.63. The van der Waals surface area contributed by atoms with E-state index in [0.717, 1.165) is 11.3 Å². The molecule has 2 aliphatic rings. The van der Waals surface area contributed by atoms with Crippen LogP contribution in [0.5, 0.6) is 5.75 Å². The van der Waals surface area contributed by atoms with E-state index in [1.54, 1.807) is 6.20 Å². The van der Waals surface area contributed by atoms with Crippen molar-refractivity contribution in [2.75, 3.05) is 25.4 Å². The molecule has 182 valence electrons. The summed E-state index contributed by atoms with van der Waals surface area (Å²) in [7, 11) is -3.01. The SMILES string of the molecule is C/C(=C\c1ccc(OCCN2C=CS(=O)(=O)CC2)cc1)c1ccc2c(c1)C(C)(C)CCC2(C)C. The third-order valence-corrected chi connectivity index (χ3v) is 8.65. The Balaban J connectivity index is 1.41. The molecule has 1 heterocycles. The molecule has 0 radical (unpaired) electrons. The zero-order valence-electron chi connectivity index (χ0n) is 21.1. The quantitative estimate of drug-likeness (QED) is 0.465. The lowest BCUT2D eigenvalue weighted by molar-refractivity contribution is 0.259. The fourth-order valence-corrected chi connectivity index (χ4v) is 5.84. The minimum atomic E-state index is -3.01. The number of sulfone groups is 1. The van der Waals surface area contributed by atoms with Gasteiger partial charge in [0.2, 0.25) is 0 Å². The number of rotatable bonds is 6. The number of benzene rings is 2. The molecule has 4 rings (SSSR count). The van der Waals surface area contributed by atoms with Gasteiger partial charge in [0.1, 0.15) is 12.4 Å². The molecule has 0 N–H and O–H groups in total. The highest BCUT2D eigenvalue weighted by atomic mass is 32.2. The highest BCUT2D eigenvalue weighted by molar-refractivity contribution is 7.94. The summed E-state index contributed by atoms with van der Waals surface area (Å²) in [6.45, 7) is 13.3. The lowest BCUT2D eigenvalue weighted by Gasteiger charge is -2.42. The second kappa shape index (κ2) is 9.26. The summed E-state index contributed by atoms with van der Waals surface area (Å²) in [5, 5.41) is 1.28. The van der Waals surface area contributed by atoms with Gasteiger partial charge in [-0.2, -0.15) is 0 Å². The van der Waals surface area contributed by atoms with Gasteiger partial charge in [-0.05, 0) is 70.6 Å². The molecule has 0 unspecified atom stereocenters. The van der Waals surface area contributed by atoms with Gasteiger partial charge >= 0.3 is 0 Å². The normalized spacial score (nSPS) is 20.6. The third-order valence-electron chi connectivity index (χ3n) is 7.36.